The number of piperazine rings is 1. The first-order valence-corrected chi connectivity index (χ1v) is 8.99. The van der Waals surface area contributed by atoms with Crippen molar-refractivity contribution in [1.82, 2.24) is 4.90 Å². The highest BCUT2D eigenvalue weighted by Gasteiger charge is 2.35. The van der Waals surface area contributed by atoms with Crippen LogP contribution >= 0.6 is 0 Å². The van der Waals surface area contributed by atoms with Crippen LogP contribution in [-0.2, 0) is 14.4 Å². The number of carbonyl (C=O) groups is 3. The van der Waals surface area contributed by atoms with E-state index in [1.54, 1.807) is 16.9 Å². The van der Waals surface area contributed by atoms with Crippen LogP contribution in [0.2, 0.25) is 0 Å². The number of benzene rings is 1. The number of rotatable bonds is 8. The third-order valence-corrected chi connectivity index (χ3v) is 4.61. The van der Waals surface area contributed by atoms with Crippen molar-refractivity contribution >= 4 is 23.4 Å². The van der Waals surface area contributed by atoms with E-state index in [9.17, 15) is 14.4 Å². The molecule has 1 fully saturated rings. The van der Waals surface area contributed by atoms with E-state index in [2.05, 4.69) is 6.92 Å². The zero-order valence-electron chi connectivity index (χ0n) is 15.4. The van der Waals surface area contributed by atoms with Crippen LogP contribution < -0.4 is 15.4 Å². The zero-order valence-corrected chi connectivity index (χ0v) is 15.4. The molecule has 1 aromatic carbocycles. The predicted molar refractivity (Wildman–Crippen MR) is 98.8 cm³/mol. The molecule has 0 radical (unpaired) electrons. The lowest BCUT2D eigenvalue weighted by Gasteiger charge is -2.41. The van der Waals surface area contributed by atoms with Crippen molar-refractivity contribution in [2.75, 3.05) is 25.1 Å². The quantitative estimate of drug-likeness (QED) is 0.762. The fraction of sp³-hybridized carbons (Fsp3) is 0.526. The minimum Gasteiger partial charge on any atom is -0.495 e. The van der Waals surface area contributed by atoms with E-state index in [0.717, 1.165) is 19.3 Å². The Bertz CT molecular complexity index is 662. The molecule has 1 atom stereocenters. The molecule has 0 saturated carbocycles. The summed E-state index contributed by atoms with van der Waals surface area (Å²) >= 11 is 0. The summed E-state index contributed by atoms with van der Waals surface area (Å²) in [5.74, 6) is -0.237. The number of hydrogen-bond acceptors (Lipinski definition) is 4. The molecular weight excluding hydrogens is 334 g/mol. The van der Waals surface area contributed by atoms with Crippen LogP contribution in [0.5, 0.6) is 5.75 Å². The monoisotopic (exact) mass is 361 g/mol. The molecule has 1 heterocycles. The van der Waals surface area contributed by atoms with E-state index in [1.807, 2.05) is 24.3 Å². The maximum atomic E-state index is 12.7. The summed E-state index contributed by atoms with van der Waals surface area (Å²) in [6, 6.07) is 7.28. The van der Waals surface area contributed by atoms with Crippen LogP contribution in [0.25, 0.3) is 0 Å². The summed E-state index contributed by atoms with van der Waals surface area (Å²) in [6.07, 6.45) is 2.80. The fourth-order valence-electron chi connectivity index (χ4n) is 3.21. The number of primary amides is 1. The Morgan fingerprint density at radius 2 is 2.00 bits per heavy atom. The van der Waals surface area contributed by atoms with Gasteiger partial charge in [0.25, 0.3) is 0 Å². The SMILES string of the molecule is CCCC[C@@H]1CN(c2ccccc2OC)C(=O)CN1C(=O)CCC(N)=O. The first-order valence-electron chi connectivity index (χ1n) is 8.99. The summed E-state index contributed by atoms with van der Waals surface area (Å²) in [6.45, 7) is 2.51. The van der Waals surface area contributed by atoms with E-state index >= 15 is 0 Å². The van der Waals surface area contributed by atoms with Crippen molar-refractivity contribution in [3.8, 4) is 5.75 Å². The number of unbranched alkanes of at least 4 members (excludes halogenated alkanes) is 1. The van der Waals surface area contributed by atoms with Crippen LogP contribution in [0.4, 0.5) is 5.69 Å². The summed E-state index contributed by atoms with van der Waals surface area (Å²) in [7, 11) is 1.57. The van der Waals surface area contributed by atoms with Gasteiger partial charge in [0.05, 0.1) is 18.8 Å². The molecule has 1 saturated heterocycles. The molecule has 1 aromatic rings. The van der Waals surface area contributed by atoms with Gasteiger partial charge < -0.3 is 20.3 Å². The number of anilines is 1. The van der Waals surface area contributed by atoms with Gasteiger partial charge in [-0.2, -0.15) is 0 Å². The van der Waals surface area contributed by atoms with Crippen molar-refractivity contribution < 1.29 is 19.1 Å². The number of amides is 3. The molecule has 0 spiro atoms. The van der Waals surface area contributed by atoms with Gasteiger partial charge in [-0.05, 0) is 18.6 Å². The molecule has 1 aliphatic rings. The Morgan fingerprint density at radius 3 is 2.65 bits per heavy atom. The topological polar surface area (TPSA) is 92.9 Å². The average Bonchev–Trinajstić information content (AvgIpc) is 2.64. The minimum absolute atomic E-state index is 0.000242. The average molecular weight is 361 g/mol. The van der Waals surface area contributed by atoms with Crippen LogP contribution in [0, 0.1) is 0 Å². The molecular formula is C19H27N3O4. The first kappa shape index (κ1) is 19.8. The second kappa shape index (κ2) is 9.22. The second-order valence-corrected chi connectivity index (χ2v) is 6.46. The highest BCUT2D eigenvalue weighted by Crippen LogP contribution is 2.31. The molecule has 0 bridgehead atoms. The Labute approximate surface area is 154 Å². The summed E-state index contributed by atoms with van der Waals surface area (Å²) in [4.78, 5) is 39.5. The molecule has 7 nitrogen and oxygen atoms in total. The molecule has 3 amide bonds. The van der Waals surface area contributed by atoms with Gasteiger partial charge >= 0.3 is 0 Å². The van der Waals surface area contributed by atoms with Gasteiger partial charge in [-0.15, -0.1) is 0 Å². The van der Waals surface area contributed by atoms with Gasteiger partial charge in [-0.25, -0.2) is 0 Å². The first-order chi connectivity index (χ1) is 12.5. The lowest BCUT2D eigenvalue weighted by Crippen LogP contribution is -2.58. The molecule has 26 heavy (non-hydrogen) atoms. The van der Waals surface area contributed by atoms with E-state index in [-0.39, 0.29) is 37.2 Å². The number of hydrogen-bond donors (Lipinski definition) is 1. The van der Waals surface area contributed by atoms with Crippen LogP contribution in [-0.4, -0.2) is 48.9 Å². The normalized spacial score (nSPS) is 17.3. The van der Waals surface area contributed by atoms with Crippen LogP contribution in [0.15, 0.2) is 24.3 Å². The van der Waals surface area contributed by atoms with E-state index in [1.165, 1.54) is 0 Å². The third-order valence-electron chi connectivity index (χ3n) is 4.61. The number of para-hydroxylation sites is 2. The molecule has 2 N–H and O–H groups in total. The Balaban J connectivity index is 2.21. The van der Waals surface area contributed by atoms with Gasteiger partial charge in [-0.3, -0.25) is 14.4 Å². The van der Waals surface area contributed by atoms with Gasteiger partial charge in [0, 0.05) is 19.4 Å². The minimum atomic E-state index is -0.512. The predicted octanol–water partition coefficient (Wildman–Crippen LogP) is 1.69. The molecule has 2 rings (SSSR count). The summed E-state index contributed by atoms with van der Waals surface area (Å²) in [5, 5.41) is 0. The lowest BCUT2D eigenvalue weighted by molar-refractivity contribution is -0.140. The molecule has 142 valence electrons. The molecule has 0 unspecified atom stereocenters. The van der Waals surface area contributed by atoms with E-state index in [4.69, 9.17) is 10.5 Å². The largest absolute Gasteiger partial charge is 0.495 e. The van der Waals surface area contributed by atoms with Crippen molar-refractivity contribution in [1.29, 1.82) is 0 Å². The summed E-state index contributed by atoms with van der Waals surface area (Å²) < 4.78 is 5.38. The molecule has 0 aromatic heterocycles. The maximum absolute atomic E-state index is 12.7. The number of nitrogens with zero attached hydrogens (tertiary/aromatic N) is 2. The fourth-order valence-corrected chi connectivity index (χ4v) is 3.21. The van der Waals surface area contributed by atoms with E-state index in [0.29, 0.717) is 18.0 Å². The van der Waals surface area contributed by atoms with Crippen molar-refractivity contribution in [2.24, 2.45) is 5.73 Å². The van der Waals surface area contributed by atoms with Gasteiger partial charge in [0.15, 0.2) is 0 Å². The highest BCUT2D eigenvalue weighted by atomic mass is 16.5. The molecule has 7 heteroatoms. The van der Waals surface area contributed by atoms with Crippen LogP contribution in [0.1, 0.15) is 39.0 Å². The second-order valence-electron chi connectivity index (χ2n) is 6.46. The van der Waals surface area contributed by atoms with Gasteiger partial charge in [0.1, 0.15) is 12.3 Å². The number of carbonyl (C=O) groups excluding carboxylic acids is 3. The van der Waals surface area contributed by atoms with Gasteiger partial charge in [-0.1, -0.05) is 31.9 Å². The molecule has 0 aliphatic carbocycles. The van der Waals surface area contributed by atoms with Crippen molar-refractivity contribution in [3.63, 3.8) is 0 Å². The van der Waals surface area contributed by atoms with Gasteiger partial charge in [0.2, 0.25) is 17.7 Å². The summed E-state index contributed by atoms with van der Waals surface area (Å²) in [5.41, 5.74) is 5.86. The number of nitrogens with two attached hydrogens (primary N) is 1. The Hall–Kier alpha value is -2.57. The maximum Gasteiger partial charge on any atom is 0.246 e. The molecule has 1 aliphatic heterocycles. The van der Waals surface area contributed by atoms with Crippen LogP contribution in [0.3, 0.4) is 0 Å². The smallest absolute Gasteiger partial charge is 0.246 e. The van der Waals surface area contributed by atoms with Crippen molar-refractivity contribution in [2.45, 2.75) is 45.1 Å². The van der Waals surface area contributed by atoms with Crippen molar-refractivity contribution in [3.05, 3.63) is 24.3 Å². The lowest BCUT2D eigenvalue weighted by atomic mass is 10.0. The number of methoxy groups -OCH3 is 1. The number of ether oxygens (including phenoxy) is 1. The standard InChI is InChI=1S/C19H27N3O4/c1-3-4-7-14-12-22(15-8-5-6-9-16(15)26-2)19(25)13-21(14)18(24)11-10-17(20)23/h5-6,8-9,14H,3-4,7,10-13H2,1-2H3,(H2,20,23)/t14-/m1/s1. The Morgan fingerprint density at radius 1 is 1.27 bits per heavy atom. The highest BCUT2D eigenvalue weighted by molar-refractivity contribution is 5.99. The zero-order chi connectivity index (χ0) is 19.1. The Kier molecular flexibility index (Phi) is 7.00. The third kappa shape index (κ3) is 4.74. The van der Waals surface area contributed by atoms with E-state index < -0.39 is 5.91 Å².